The Hall–Kier alpha value is -1.92. The van der Waals surface area contributed by atoms with Crippen LogP contribution in [0.15, 0.2) is 28.8 Å². The standard InChI is InChI=1S/C18H25ClN4O2/c1-12(2)15(20)10-11-23(3)17(24)9-8-16-21-18(22-25-16)13-4-6-14(19)7-5-13/h4-7,12,15H,8-11,20H2,1-3H3. The zero-order chi connectivity index (χ0) is 18.4. The van der Waals surface area contributed by atoms with Gasteiger partial charge in [-0.15, -0.1) is 0 Å². The Labute approximate surface area is 153 Å². The number of hydrogen-bond donors (Lipinski definition) is 1. The molecule has 2 N–H and O–H groups in total. The van der Waals surface area contributed by atoms with Gasteiger partial charge in [0.25, 0.3) is 0 Å². The van der Waals surface area contributed by atoms with Crippen molar-refractivity contribution in [3.8, 4) is 11.4 Å². The molecule has 1 heterocycles. The van der Waals surface area contributed by atoms with E-state index in [4.69, 9.17) is 21.9 Å². The van der Waals surface area contributed by atoms with Crippen LogP contribution in [0.3, 0.4) is 0 Å². The maximum atomic E-state index is 12.2. The summed E-state index contributed by atoms with van der Waals surface area (Å²) in [6.07, 6.45) is 1.54. The number of carbonyl (C=O) groups is 1. The maximum Gasteiger partial charge on any atom is 0.227 e. The van der Waals surface area contributed by atoms with Crippen LogP contribution < -0.4 is 5.73 Å². The summed E-state index contributed by atoms with van der Waals surface area (Å²) >= 11 is 5.87. The van der Waals surface area contributed by atoms with Gasteiger partial charge < -0.3 is 15.2 Å². The van der Waals surface area contributed by atoms with E-state index in [9.17, 15) is 4.79 Å². The number of nitrogens with two attached hydrogens (primary N) is 1. The molecule has 1 aromatic heterocycles. The lowest BCUT2D eigenvalue weighted by atomic mass is 10.0. The van der Waals surface area contributed by atoms with Crippen LogP contribution in [0.25, 0.3) is 11.4 Å². The molecule has 0 aliphatic carbocycles. The van der Waals surface area contributed by atoms with Crippen molar-refractivity contribution in [1.82, 2.24) is 15.0 Å². The van der Waals surface area contributed by atoms with E-state index < -0.39 is 0 Å². The van der Waals surface area contributed by atoms with Gasteiger partial charge in [-0.25, -0.2) is 0 Å². The lowest BCUT2D eigenvalue weighted by Crippen LogP contribution is -2.34. The van der Waals surface area contributed by atoms with Gasteiger partial charge in [0.05, 0.1) is 0 Å². The van der Waals surface area contributed by atoms with Gasteiger partial charge in [-0.1, -0.05) is 30.6 Å². The van der Waals surface area contributed by atoms with Crippen molar-refractivity contribution < 1.29 is 9.32 Å². The molecule has 0 saturated carbocycles. The Morgan fingerprint density at radius 3 is 2.64 bits per heavy atom. The molecule has 2 rings (SSSR count). The van der Waals surface area contributed by atoms with Gasteiger partial charge in [0.2, 0.25) is 17.6 Å². The highest BCUT2D eigenvalue weighted by Gasteiger charge is 2.15. The first-order valence-corrected chi connectivity index (χ1v) is 8.82. The third-order valence-corrected chi connectivity index (χ3v) is 4.46. The fourth-order valence-corrected chi connectivity index (χ4v) is 2.40. The van der Waals surface area contributed by atoms with Crippen LogP contribution in [0.2, 0.25) is 5.02 Å². The summed E-state index contributed by atoms with van der Waals surface area (Å²) in [6.45, 7) is 4.82. The minimum absolute atomic E-state index is 0.0437. The molecule has 2 aromatic rings. The fourth-order valence-electron chi connectivity index (χ4n) is 2.28. The molecule has 1 amide bonds. The number of halogens is 1. The average molecular weight is 365 g/mol. The van der Waals surface area contributed by atoms with Crippen molar-refractivity contribution in [3.05, 3.63) is 35.2 Å². The number of aromatic nitrogens is 2. The summed E-state index contributed by atoms with van der Waals surface area (Å²) < 4.78 is 5.22. The normalized spacial score (nSPS) is 12.4. The quantitative estimate of drug-likeness (QED) is 0.777. The summed E-state index contributed by atoms with van der Waals surface area (Å²) in [5.41, 5.74) is 6.84. The van der Waals surface area contributed by atoms with Gasteiger partial charge in [0.15, 0.2) is 0 Å². The van der Waals surface area contributed by atoms with Gasteiger partial charge in [-0.2, -0.15) is 4.98 Å². The van der Waals surface area contributed by atoms with Crippen molar-refractivity contribution in [1.29, 1.82) is 0 Å². The van der Waals surface area contributed by atoms with Crippen molar-refractivity contribution >= 4 is 17.5 Å². The Morgan fingerprint density at radius 2 is 2.00 bits per heavy atom. The summed E-state index contributed by atoms with van der Waals surface area (Å²) in [7, 11) is 1.79. The van der Waals surface area contributed by atoms with Gasteiger partial charge in [-0.3, -0.25) is 4.79 Å². The van der Waals surface area contributed by atoms with E-state index in [0.717, 1.165) is 12.0 Å². The first kappa shape index (κ1) is 19.4. The highest BCUT2D eigenvalue weighted by Crippen LogP contribution is 2.19. The Bertz CT molecular complexity index is 685. The van der Waals surface area contributed by atoms with Crippen LogP contribution >= 0.6 is 11.6 Å². The Morgan fingerprint density at radius 1 is 1.32 bits per heavy atom. The van der Waals surface area contributed by atoms with E-state index in [0.29, 0.717) is 42.0 Å². The number of amides is 1. The van der Waals surface area contributed by atoms with Crippen molar-refractivity contribution in [2.45, 2.75) is 39.2 Å². The minimum Gasteiger partial charge on any atom is -0.346 e. The van der Waals surface area contributed by atoms with E-state index in [1.54, 1.807) is 24.1 Å². The molecule has 1 unspecified atom stereocenters. The first-order chi connectivity index (χ1) is 11.9. The van der Waals surface area contributed by atoms with Gasteiger partial charge >= 0.3 is 0 Å². The van der Waals surface area contributed by atoms with E-state index in [1.165, 1.54) is 0 Å². The molecule has 0 aliphatic heterocycles. The van der Waals surface area contributed by atoms with Crippen LogP contribution in [0.1, 0.15) is 32.6 Å². The van der Waals surface area contributed by atoms with Gasteiger partial charge in [0, 0.05) is 43.1 Å². The maximum absolute atomic E-state index is 12.2. The zero-order valence-corrected chi connectivity index (χ0v) is 15.7. The number of carbonyl (C=O) groups excluding carboxylic acids is 1. The molecule has 0 aliphatic rings. The van der Waals surface area contributed by atoms with Crippen LogP contribution in [0.4, 0.5) is 0 Å². The molecule has 0 spiro atoms. The lowest BCUT2D eigenvalue weighted by molar-refractivity contribution is -0.130. The van der Waals surface area contributed by atoms with Crippen LogP contribution in [-0.4, -0.2) is 40.6 Å². The van der Waals surface area contributed by atoms with Crippen LogP contribution in [-0.2, 0) is 11.2 Å². The highest BCUT2D eigenvalue weighted by atomic mass is 35.5. The molecule has 0 fully saturated rings. The zero-order valence-electron chi connectivity index (χ0n) is 14.9. The predicted octanol–water partition coefficient (Wildman–Crippen LogP) is 3.15. The van der Waals surface area contributed by atoms with Crippen LogP contribution in [0, 0.1) is 5.92 Å². The molecule has 0 radical (unpaired) electrons. The molecule has 7 heteroatoms. The highest BCUT2D eigenvalue weighted by molar-refractivity contribution is 6.30. The monoisotopic (exact) mass is 364 g/mol. The van der Waals surface area contributed by atoms with E-state index in [-0.39, 0.29) is 11.9 Å². The number of aryl methyl sites for hydroxylation is 1. The molecular weight excluding hydrogens is 340 g/mol. The van der Waals surface area contributed by atoms with E-state index in [2.05, 4.69) is 24.0 Å². The number of hydrogen-bond acceptors (Lipinski definition) is 5. The molecule has 0 saturated heterocycles. The lowest BCUT2D eigenvalue weighted by Gasteiger charge is -2.21. The van der Waals surface area contributed by atoms with Crippen molar-refractivity contribution in [3.63, 3.8) is 0 Å². The number of benzene rings is 1. The summed E-state index contributed by atoms with van der Waals surface area (Å²) in [5, 5.41) is 4.60. The third kappa shape index (κ3) is 5.83. The molecule has 0 bridgehead atoms. The van der Waals surface area contributed by atoms with E-state index in [1.807, 2.05) is 12.1 Å². The van der Waals surface area contributed by atoms with Crippen LogP contribution in [0.5, 0.6) is 0 Å². The summed E-state index contributed by atoms with van der Waals surface area (Å²) in [6, 6.07) is 7.30. The SMILES string of the molecule is CC(C)C(N)CCN(C)C(=O)CCc1nc(-c2ccc(Cl)cc2)no1. The predicted molar refractivity (Wildman–Crippen MR) is 98.1 cm³/mol. The molecule has 1 aromatic carbocycles. The van der Waals surface area contributed by atoms with Crippen molar-refractivity contribution in [2.24, 2.45) is 11.7 Å². The average Bonchev–Trinajstić information content (AvgIpc) is 3.06. The number of rotatable bonds is 8. The van der Waals surface area contributed by atoms with Crippen molar-refractivity contribution in [2.75, 3.05) is 13.6 Å². The molecule has 1 atom stereocenters. The van der Waals surface area contributed by atoms with E-state index >= 15 is 0 Å². The van der Waals surface area contributed by atoms with Gasteiger partial charge in [-0.05, 0) is 36.6 Å². The Kier molecular flexibility index (Phi) is 6.96. The smallest absolute Gasteiger partial charge is 0.227 e. The minimum atomic E-state index is 0.0437. The summed E-state index contributed by atoms with van der Waals surface area (Å²) in [4.78, 5) is 18.2. The first-order valence-electron chi connectivity index (χ1n) is 8.45. The molecular formula is C18H25ClN4O2. The third-order valence-electron chi connectivity index (χ3n) is 4.20. The second-order valence-corrected chi connectivity index (χ2v) is 6.97. The largest absolute Gasteiger partial charge is 0.346 e. The molecule has 136 valence electrons. The summed E-state index contributed by atoms with van der Waals surface area (Å²) in [5.74, 6) is 1.40. The molecule has 25 heavy (non-hydrogen) atoms. The fraction of sp³-hybridized carbons (Fsp3) is 0.500. The van der Waals surface area contributed by atoms with Gasteiger partial charge in [0.1, 0.15) is 0 Å². The second-order valence-electron chi connectivity index (χ2n) is 6.53. The molecule has 6 nitrogen and oxygen atoms in total. The topological polar surface area (TPSA) is 85.2 Å². The Balaban J connectivity index is 1.83. The number of nitrogens with zero attached hydrogens (tertiary/aromatic N) is 3. The second kappa shape index (κ2) is 8.97.